The first kappa shape index (κ1) is 19.7. The Kier molecular flexibility index (Phi) is 6.18. The summed E-state index contributed by atoms with van der Waals surface area (Å²) in [5, 5.41) is 12.6. The first-order valence-electron chi connectivity index (χ1n) is 7.72. The predicted molar refractivity (Wildman–Crippen MR) is 105 cm³/mol. The molecule has 0 unspecified atom stereocenters. The molecule has 2 aromatic heterocycles. The van der Waals surface area contributed by atoms with Crippen molar-refractivity contribution in [2.24, 2.45) is 0 Å². The molecule has 0 bridgehead atoms. The van der Waals surface area contributed by atoms with E-state index in [1.165, 1.54) is 17.4 Å². The molecule has 0 radical (unpaired) electrons. The minimum absolute atomic E-state index is 0. The van der Waals surface area contributed by atoms with E-state index in [4.69, 9.17) is 10.8 Å². The molecule has 136 valence electrons. The lowest BCUT2D eigenvalue weighted by Crippen LogP contribution is -2.25. The number of carbonyl (C=O) groups excluding carboxylic acids is 1. The average molecular weight is 392 g/mol. The SMILES string of the molecule is Cc1ccc2c(N)c(C(=O)NCCc3cccc(C(=O)O)c3)sc2n1.Cl. The lowest BCUT2D eigenvalue weighted by molar-refractivity contribution is 0.0696. The van der Waals surface area contributed by atoms with Gasteiger partial charge in [0.1, 0.15) is 9.71 Å². The average Bonchev–Trinajstić information content (AvgIpc) is 2.91. The van der Waals surface area contributed by atoms with Crippen molar-refractivity contribution in [3.8, 4) is 0 Å². The number of anilines is 1. The van der Waals surface area contributed by atoms with Gasteiger partial charge in [0, 0.05) is 17.6 Å². The number of aromatic carboxylic acids is 1. The quantitative estimate of drug-likeness (QED) is 0.619. The maximum absolute atomic E-state index is 12.4. The highest BCUT2D eigenvalue weighted by molar-refractivity contribution is 7.21. The van der Waals surface area contributed by atoms with Crippen LogP contribution in [0.25, 0.3) is 10.2 Å². The number of hydrogen-bond acceptors (Lipinski definition) is 5. The summed E-state index contributed by atoms with van der Waals surface area (Å²) in [4.78, 5) is 29.0. The summed E-state index contributed by atoms with van der Waals surface area (Å²) < 4.78 is 0. The lowest BCUT2D eigenvalue weighted by Gasteiger charge is -2.05. The summed E-state index contributed by atoms with van der Waals surface area (Å²) in [7, 11) is 0. The van der Waals surface area contributed by atoms with Gasteiger partial charge >= 0.3 is 5.97 Å². The van der Waals surface area contributed by atoms with E-state index in [-0.39, 0.29) is 23.9 Å². The molecule has 0 atom stereocenters. The van der Waals surface area contributed by atoms with Crippen LogP contribution in [0.2, 0.25) is 0 Å². The number of carboxylic acids is 1. The first-order valence-corrected chi connectivity index (χ1v) is 8.53. The van der Waals surface area contributed by atoms with Gasteiger partial charge in [-0.2, -0.15) is 0 Å². The fraction of sp³-hybridized carbons (Fsp3) is 0.167. The van der Waals surface area contributed by atoms with Gasteiger partial charge in [0.25, 0.3) is 5.91 Å². The van der Waals surface area contributed by atoms with E-state index in [0.29, 0.717) is 23.5 Å². The number of pyridine rings is 1. The summed E-state index contributed by atoms with van der Waals surface area (Å²) in [6.07, 6.45) is 0.537. The van der Waals surface area contributed by atoms with Crippen LogP contribution in [-0.2, 0) is 6.42 Å². The van der Waals surface area contributed by atoms with E-state index in [0.717, 1.165) is 21.5 Å². The molecule has 2 heterocycles. The highest BCUT2D eigenvalue weighted by Crippen LogP contribution is 2.32. The number of aryl methyl sites for hydroxylation is 1. The topological polar surface area (TPSA) is 105 Å². The molecule has 0 aliphatic heterocycles. The number of nitrogen functional groups attached to an aromatic ring is 1. The largest absolute Gasteiger partial charge is 0.478 e. The zero-order valence-electron chi connectivity index (χ0n) is 14.0. The molecule has 1 amide bonds. The molecular weight excluding hydrogens is 374 g/mol. The molecule has 4 N–H and O–H groups in total. The minimum atomic E-state index is -0.966. The number of nitrogens with two attached hydrogens (primary N) is 1. The van der Waals surface area contributed by atoms with E-state index in [1.54, 1.807) is 12.1 Å². The maximum atomic E-state index is 12.4. The Balaban J connectivity index is 0.00000243. The fourth-order valence-corrected chi connectivity index (χ4v) is 3.57. The van der Waals surface area contributed by atoms with Crippen LogP contribution in [0.15, 0.2) is 36.4 Å². The van der Waals surface area contributed by atoms with Gasteiger partial charge in [-0.15, -0.1) is 23.7 Å². The van der Waals surface area contributed by atoms with Crippen molar-refractivity contribution in [1.29, 1.82) is 0 Å². The van der Waals surface area contributed by atoms with E-state index >= 15 is 0 Å². The van der Waals surface area contributed by atoms with Crippen LogP contribution in [-0.4, -0.2) is 28.5 Å². The van der Waals surface area contributed by atoms with Crippen LogP contribution in [0.1, 0.15) is 31.3 Å². The Morgan fingerprint density at radius 1 is 1.27 bits per heavy atom. The van der Waals surface area contributed by atoms with Crippen LogP contribution in [0.4, 0.5) is 5.69 Å². The normalized spacial score (nSPS) is 10.3. The summed E-state index contributed by atoms with van der Waals surface area (Å²) in [6.45, 7) is 2.28. The van der Waals surface area contributed by atoms with E-state index in [1.807, 2.05) is 25.1 Å². The van der Waals surface area contributed by atoms with Gasteiger partial charge in [0.15, 0.2) is 0 Å². The lowest BCUT2D eigenvalue weighted by atomic mass is 10.1. The zero-order chi connectivity index (χ0) is 18.0. The van der Waals surface area contributed by atoms with Crippen molar-refractivity contribution in [1.82, 2.24) is 10.3 Å². The third kappa shape index (κ3) is 4.12. The molecule has 8 heteroatoms. The Labute approximate surface area is 160 Å². The molecule has 6 nitrogen and oxygen atoms in total. The Morgan fingerprint density at radius 2 is 2.04 bits per heavy atom. The van der Waals surface area contributed by atoms with Crippen LogP contribution in [0.3, 0.4) is 0 Å². The van der Waals surface area contributed by atoms with Crippen molar-refractivity contribution in [2.75, 3.05) is 12.3 Å². The summed E-state index contributed by atoms with van der Waals surface area (Å²) >= 11 is 1.27. The minimum Gasteiger partial charge on any atom is -0.478 e. The van der Waals surface area contributed by atoms with Gasteiger partial charge in [-0.05, 0) is 43.2 Å². The first-order chi connectivity index (χ1) is 12.0. The number of rotatable bonds is 5. The molecular formula is C18H18ClN3O3S. The number of aromatic nitrogens is 1. The van der Waals surface area contributed by atoms with Gasteiger partial charge in [-0.25, -0.2) is 9.78 Å². The van der Waals surface area contributed by atoms with Crippen molar-refractivity contribution in [3.63, 3.8) is 0 Å². The molecule has 0 aliphatic carbocycles. The monoisotopic (exact) mass is 391 g/mol. The third-order valence-electron chi connectivity index (χ3n) is 3.81. The number of nitrogens with one attached hydrogen (secondary N) is 1. The van der Waals surface area contributed by atoms with E-state index < -0.39 is 5.97 Å². The molecule has 3 aromatic rings. The van der Waals surface area contributed by atoms with Crippen molar-refractivity contribution in [2.45, 2.75) is 13.3 Å². The fourth-order valence-electron chi connectivity index (χ4n) is 2.52. The second kappa shape index (κ2) is 8.16. The molecule has 1 aromatic carbocycles. The number of thiophene rings is 1. The second-order valence-electron chi connectivity index (χ2n) is 5.66. The van der Waals surface area contributed by atoms with Gasteiger partial charge < -0.3 is 16.2 Å². The van der Waals surface area contributed by atoms with Gasteiger partial charge in [0.2, 0.25) is 0 Å². The standard InChI is InChI=1S/C18H17N3O3S.ClH/c1-10-5-6-13-14(19)15(25-17(13)21-10)16(22)20-8-7-11-3-2-4-12(9-11)18(23)24;/h2-6,9H,7-8,19H2,1H3,(H,20,22)(H,23,24);1H. The van der Waals surface area contributed by atoms with Crippen molar-refractivity contribution < 1.29 is 14.7 Å². The maximum Gasteiger partial charge on any atom is 0.335 e. The third-order valence-corrected chi connectivity index (χ3v) is 4.93. The summed E-state index contributed by atoms with van der Waals surface area (Å²) in [5.74, 6) is -1.21. The van der Waals surface area contributed by atoms with Crippen molar-refractivity contribution in [3.05, 3.63) is 58.1 Å². The van der Waals surface area contributed by atoms with Gasteiger partial charge in [0.05, 0.1) is 11.3 Å². The molecule has 26 heavy (non-hydrogen) atoms. The second-order valence-corrected chi connectivity index (χ2v) is 6.66. The van der Waals surface area contributed by atoms with Gasteiger partial charge in [-0.3, -0.25) is 4.79 Å². The number of carboxylic acid groups (broad SMARTS) is 1. The number of fused-ring (bicyclic) bond motifs is 1. The molecule has 0 aliphatic rings. The van der Waals surface area contributed by atoms with Crippen LogP contribution >= 0.6 is 23.7 Å². The molecule has 3 rings (SSSR count). The van der Waals surface area contributed by atoms with Crippen molar-refractivity contribution >= 4 is 51.5 Å². The summed E-state index contributed by atoms with van der Waals surface area (Å²) in [5.41, 5.74) is 8.47. The summed E-state index contributed by atoms with van der Waals surface area (Å²) in [6, 6.07) is 10.4. The van der Waals surface area contributed by atoms with E-state index in [9.17, 15) is 9.59 Å². The predicted octanol–water partition coefficient (Wildman–Crippen LogP) is 3.28. The number of nitrogens with zero attached hydrogens (tertiary/aromatic N) is 1. The Morgan fingerprint density at radius 3 is 2.77 bits per heavy atom. The van der Waals surface area contributed by atoms with Gasteiger partial charge in [-0.1, -0.05) is 12.1 Å². The number of halogens is 1. The van der Waals surface area contributed by atoms with Crippen LogP contribution < -0.4 is 11.1 Å². The Hall–Kier alpha value is -2.64. The number of benzene rings is 1. The van der Waals surface area contributed by atoms with Crippen LogP contribution in [0.5, 0.6) is 0 Å². The van der Waals surface area contributed by atoms with E-state index in [2.05, 4.69) is 10.3 Å². The highest BCUT2D eigenvalue weighted by atomic mass is 35.5. The number of amides is 1. The molecule has 0 saturated carbocycles. The smallest absolute Gasteiger partial charge is 0.335 e. The molecule has 0 saturated heterocycles. The molecule has 0 spiro atoms. The molecule has 0 fully saturated rings. The Bertz CT molecular complexity index is 971. The van der Waals surface area contributed by atoms with Crippen LogP contribution in [0, 0.1) is 6.92 Å². The number of carbonyl (C=O) groups is 2. The zero-order valence-corrected chi connectivity index (χ0v) is 15.6. The number of hydrogen-bond donors (Lipinski definition) is 3. The highest BCUT2D eigenvalue weighted by Gasteiger charge is 2.17.